The van der Waals surface area contributed by atoms with Crippen LogP contribution in [0.15, 0.2) is 42.5 Å². The van der Waals surface area contributed by atoms with Crippen molar-refractivity contribution >= 4 is 11.5 Å². The van der Waals surface area contributed by atoms with Crippen molar-refractivity contribution in [3.8, 4) is 5.75 Å². The molecule has 0 unspecified atom stereocenters. The highest BCUT2D eigenvalue weighted by Gasteiger charge is 2.20. The summed E-state index contributed by atoms with van der Waals surface area (Å²) in [5, 5.41) is 9.05. The van der Waals surface area contributed by atoms with Crippen molar-refractivity contribution in [2.75, 3.05) is 6.61 Å². The van der Waals surface area contributed by atoms with Crippen molar-refractivity contribution in [1.29, 1.82) is 0 Å². The van der Waals surface area contributed by atoms with Crippen molar-refractivity contribution in [2.24, 2.45) is 0 Å². The minimum absolute atomic E-state index is 0.0574. The standard InChI is InChI=1S/C16H10F2O3/c17-10-2-3-14(18)12(8-10)11-5-6-21-15-4-1-9(16(19)20)7-13(11)15/h1-5,7-8H,6H2,(H,19,20). The molecular weight excluding hydrogens is 278 g/mol. The Morgan fingerprint density at radius 1 is 1.10 bits per heavy atom. The Morgan fingerprint density at radius 3 is 2.67 bits per heavy atom. The fourth-order valence-corrected chi connectivity index (χ4v) is 2.28. The highest BCUT2D eigenvalue weighted by molar-refractivity contribution is 5.92. The maximum Gasteiger partial charge on any atom is 0.335 e. The first-order valence-electron chi connectivity index (χ1n) is 6.22. The molecule has 0 saturated carbocycles. The van der Waals surface area contributed by atoms with Crippen molar-refractivity contribution in [3.63, 3.8) is 0 Å². The first-order chi connectivity index (χ1) is 10.1. The maximum absolute atomic E-state index is 13.9. The van der Waals surface area contributed by atoms with Gasteiger partial charge in [-0.15, -0.1) is 0 Å². The summed E-state index contributed by atoms with van der Waals surface area (Å²) in [4.78, 5) is 11.1. The Balaban J connectivity index is 2.18. The lowest BCUT2D eigenvalue weighted by molar-refractivity contribution is 0.0697. The number of fused-ring (bicyclic) bond motifs is 1. The average molecular weight is 288 g/mol. The number of carboxylic acid groups (broad SMARTS) is 1. The van der Waals surface area contributed by atoms with E-state index in [1.54, 1.807) is 6.08 Å². The van der Waals surface area contributed by atoms with Gasteiger partial charge in [0.1, 0.15) is 24.0 Å². The number of hydrogen-bond donors (Lipinski definition) is 1. The Kier molecular flexibility index (Phi) is 3.17. The van der Waals surface area contributed by atoms with Gasteiger partial charge in [-0.3, -0.25) is 0 Å². The molecule has 2 aromatic rings. The Labute approximate surface area is 119 Å². The molecule has 0 radical (unpaired) electrons. The van der Waals surface area contributed by atoms with Crippen molar-refractivity contribution < 1.29 is 23.4 Å². The third kappa shape index (κ3) is 2.38. The zero-order valence-electron chi connectivity index (χ0n) is 10.8. The van der Waals surface area contributed by atoms with Gasteiger partial charge in [-0.1, -0.05) is 0 Å². The summed E-state index contributed by atoms with van der Waals surface area (Å²) in [5.74, 6) is -1.78. The van der Waals surface area contributed by atoms with E-state index in [0.29, 0.717) is 16.9 Å². The summed E-state index contributed by atoms with van der Waals surface area (Å²) in [6, 6.07) is 7.49. The van der Waals surface area contributed by atoms with Crippen LogP contribution in [0.3, 0.4) is 0 Å². The molecule has 3 nitrogen and oxygen atoms in total. The van der Waals surface area contributed by atoms with E-state index in [0.717, 1.165) is 18.2 Å². The average Bonchev–Trinajstić information content (AvgIpc) is 2.48. The molecule has 1 heterocycles. The van der Waals surface area contributed by atoms with Gasteiger partial charge in [0.15, 0.2) is 0 Å². The first kappa shape index (κ1) is 13.3. The van der Waals surface area contributed by atoms with Gasteiger partial charge in [0.2, 0.25) is 0 Å². The molecule has 0 fully saturated rings. The number of hydrogen-bond acceptors (Lipinski definition) is 2. The smallest absolute Gasteiger partial charge is 0.335 e. The molecule has 0 saturated heterocycles. The van der Waals surface area contributed by atoms with E-state index in [-0.39, 0.29) is 17.7 Å². The molecule has 0 bridgehead atoms. The van der Waals surface area contributed by atoms with Crippen molar-refractivity contribution in [2.45, 2.75) is 0 Å². The number of aromatic carboxylic acids is 1. The molecule has 0 aliphatic carbocycles. The van der Waals surface area contributed by atoms with Crippen LogP contribution in [0.5, 0.6) is 5.75 Å². The first-order valence-corrected chi connectivity index (χ1v) is 6.22. The summed E-state index contributed by atoms with van der Waals surface area (Å²) >= 11 is 0. The number of halogens is 2. The van der Waals surface area contributed by atoms with E-state index in [1.807, 2.05) is 0 Å². The summed E-state index contributed by atoms with van der Waals surface area (Å²) in [6.07, 6.45) is 1.60. The van der Waals surface area contributed by atoms with Gasteiger partial charge in [0.25, 0.3) is 0 Å². The molecule has 5 heteroatoms. The van der Waals surface area contributed by atoms with Crippen LogP contribution in [0.25, 0.3) is 5.57 Å². The van der Waals surface area contributed by atoms with E-state index in [4.69, 9.17) is 9.84 Å². The fraction of sp³-hybridized carbons (Fsp3) is 0.0625. The molecule has 106 valence electrons. The topological polar surface area (TPSA) is 46.5 Å². The highest BCUT2D eigenvalue weighted by Crippen LogP contribution is 2.36. The predicted molar refractivity (Wildman–Crippen MR) is 72.3 cm³/mol. The molecular formula is C16H10F2O3. The largest absolute Gasteiger partial charge is 0.489 e. The Hall–Kier alpha value is -2.69. The quantitative estimate of drug-likeness (QED) is 0.920. The predicted octanol–water partition coefficient (Wildman–Crippen LogP) is 3.49. The SMILES string of the molecule is O=C(O)c1ccc2c(c1)C(c1cc(F)ccc1F)=CCO2. The molecule has 21 heavy (non-hydrogen) atoms. The van der Waals surface area contributed by atoms with Crippen LogP contribution in [0.2, 0.25) is 0 Å². The minimum atomic E-state index is -1.09. The minimum Gasteiger partial charge on any atom is -0.489 e. The molecule has 0 atom stereocenters. The molecule has 3 rings (SSSR count). The second kappa shape index (κ2) is 5.01. The van der Waals surface area contributed by atoms with Gasteiger partial charge in [0.05, 0.1) is 5.56 Å². The second-order valence-electron chi connectivity index (χ2n) is 4.57. The van der Waals surface area contributed by atoms with Crippen molar-refractivity contribution in [3.05, 3.63) is 70.8 Å². The van der Waals surface area contributed by atoms with E-state index in [9.17, 15) is 13.6 Å². The zero-order chi connectivity index (χ0) is 15.0. The van der Waals surface area contributed by atoms with Gasteiger partial charge >= 0.3 is 5.97 Å². The number of carbonyl (C=O) groups is 1. The van der Waals surface area contributed by atoms with Crippen LogP contribution in [-0.4, -0.2) is 17.7 Å². The number of carboxylic acids is 1. The third-order valence-corrected chi connectivity index (χ3v) is 3.26. The lowest BCUT2D eigenvalue weighted by atomic mass is 9.93. The van der Waals surface area contributed by atoms with Gasteiger partial charge in [-0.25, -0.2) is 13.6 Å². The van der Waals surface area contributed by atoms with Gasteiger partial charge < -0.3 is 9.84 Å². The summed E-state index contributed by atoms with van der Waals surface area (Å²) in [5.41, 5.74) is 1.01. The third-order valence-electron chi connectivity index (χ3n) is 3.26. The van der Waals surface area contributed by atoms with Crippen LogP contribution in [0.1, 0.15) is 21.5 Å². The molecule has 1 aliphatic heterocycles. The molecule has 1 aliphatic rings. The van der Waals surface area contributed by atoms with E-state index >= 15 is 0 Å². The van der Waals surface area contributed by atoms with Crippen LogP contribution in [0.4, 0.5) is 8.78 Å². The lowest BCUT2D eigenvalue weighted by Crippen LogP contribution is -2.08. The van der Waals surface area contributed by atoms with Crippen LogP contribution in [-0.2, 0) is 0 Å². The van der Waals surface area contributed by atoms with E-state index < -0.39 is 17.6 Å². The van der Waals surface area contributed by atoms with Crippen molar-refractivity contribution in [1.82, 2.24) is 0 Å². The number of benzene rings is 2. The lowest BCUT2D eigenvalue weighted by Gasteiger charge is -2.19. The van der Waals surface area contributed by atoms with Gasteiger partial charge in [-0.2, -0.15) is 0 Å². The fourth-order valence-electron chi connectivity index (χ4n) is 2.28. The van der Waals surface area contributed by atoms with Gasteiger partial charge in [-0.05, 0) is 48.0 Å². The molecule has 0 amide bonds. The van der Waals surface area contributed by atoms with E-state index in [2.05, 4.69) is 0 Å². The Bertz CT molecular complexity index is 766. The zero-order valence-corrected chi connectivity index (χ0v) is 10.8. The highest BCUT2D eigenvalue weighted by atomic mass is 19.1. The van der Waals surface area contributed by atoms with Crippen LogP contribution < -0.4 is 4.74 Å². The monoisotopic (exact) mass is 288 g/mol. The normalized spacial score (nSPS) is 13.1. The molecule has 0 spiro atoms. The molecule has 2 aromatic carbocycles. The van der Waals surface area contributed by atoms with Crippen LogP contribution >= 0.6 is 0 Å². The summed E-state index contributed by atoms with van der Waals surface area (Å²) in [7, 11) is 0. The van der Waals surface area contributed by atoms with Gasteiger partial charge in [0, 0.05) is 11.1 Å². The second-order valence-corrected chi connectivity index (χ2v) is 4.57. The summed E-state index contributed by atoms with van der Waals surface area (Å²) in [6.45, 7) is 0.213. The number of rotatable bonds is 2. The Morgan fingerprint density at radius 2 is 1.90 bits per heavy atom. The maximum atomic E-state index is 13.9. The number of ether oxygens (including phenoxy) is 1. The van der Waals surface area contributed by atoms with Crippen LogP contribution in [0, 0.1) is 11.6 Å². The summed E-state index contributed by atoms with van der Waals surface area (Å²) < 4.78 is 32.7. The molecule has 0 aromatic heterocycles. The van der Waals surface area contributed by atoms with E-state index in [1.165, 1.54) is 18.2 Å². The molecule has 1 N–H and O–H groups in total.